The smallest absolute Gasteiger partial charge is 0.272 e. The Morgan fingerprint density at radius 1 is 1.00 bits per heavy atom. The lowest BCUT2D eigenvalue weighted by atomic mass is 10.1. The molecular weight excluding hydrogens is 340 g/mol. The Balaban J connectivity index is 1.60. The maximum Gasteiger partial charge on any atom is 0.272 e. The number of para-hydroxylation sites is 3. The highest BCUT2D eigenvalue weighted by Crippen LogP contribution is 2.23. The molecule has 1 heterocycles. The molecule has 0 aliphatic rings. The Bertz CT molecular complexity index is 1110. The number of hydrogen-bond donors (Lipinski definition) is 3. The fraction of sp³-hybridized carbons (Fsp3) is 0. The number of fused-ring (bicyclic) bond motifs is 1. The van der Waals surface area contributed by atoms with Gasteiger partial charge in [0.2, 0.25) is 0 Å². The van der Waals surface area contributed by atoms with E-state index in [0.717, 1.165) is 11.0 Å². The highest BCUT2D eigenvalue weighted by atomic mass is 16.3. The highest BCUT2D eigenvalue weighted by molar-refractivity contribution is 6.01. The van der Waals surface area contributed by atoms with Crippen molar-refractivity contribution >= 4 is 23.2 Å². The van der Waals surface area contributed by atoms with E-state index in [-0.39, 0.29) is 11.7 Å². The minimum atomic E-state index is -0.363. The second kappa shape index (κ2) is 7.13. The Hall–Kier alpha value is -3.93. The van der Waals surface area contributed by atoms with Gasteiger partial charge in [0.25, 0.3) is 5.91 Å². The topological polar surface area (TPSA) is 90.4 Å². The summed E-state index contributed by atoms with van der Waals surface area (Å²) in [7, 11) is 0. The average molecular weight is 356 g/mol. The van der Waals surface area contributed by atoms with Gasteiger partial charge in [-0.3, -0.25) is 4.79 Å². The first kappa shape index (κ1) is 16.5. The molecule has 0 fully saturated rings. The molecule has 0 aliphatic heterocycles. The average Bonchev–Trinajstić information content (AvgIpc) is 3.13. The molecule has 0 unspecified atom stereocenters. The highest BCUT2D eigenvalue weighted by Gasteiger charge is 2.14. The van der Waals surface area contributed by atoms with E-state index in [0.29, 0.717) is 22.5 Å². The van der Waals surface area contributed by atoms with Crippen LogP contribution in [-0.2, 0) is 0 Å². The van der Waals surface area contributed by atoms with Crippen LogP contribution in [0.15, 0.2) is 77.9 Å². The van der Waals surface area contributed by atoms with E-state index >= 15 is 0 Å². The lowest BCUT2D eigenvalue weighted by Crippen LogP contribution is -2.18. The van der Waals surface area contributed by atoms with Crippen LogP contribution in [0.1, 0.15) is 15.9 Å². The van der Waals surface area contributed by atoms with Crippen LogP contribution in [-0.4, -0.2) is 27.2 Å². The molecule has 0 atom stereocenters. The summed E-state index contributed by atoms with van der Waals surface area (Å²) < 4.78 is 0. The maximum absolute atomic E-state index is 12.6. The van der Waals surface area contributed by atoms with E-state index < -0.39 is 0 Å². The summed E-state index contributed by atoms with van der Waals surface area (Å²) in [6.45, 7) is 0. The number of hydrogen-bond acceptors (Lipinski definition) is 4. The van der Waals surface area contributed by atoms with Gasteiger partial charge >= 0.3 is 0 Å². The summed E-state index contributed by atoms with van der Waals surface area (Å²) >= 11 is 0. The zero-order valence-electron chi connectivity index (χ0n) is 14.3. The molecule has 6 nitrogen and oxygen atoms in total. The zero-order chi connectivity index (χ0) is 18.6. The van der Waals surface area contributed by atoms with Crippen molar-refractivity contribution in [1.82, 2.24) is 15.4 Å². The monoisotopic (exact) mass is 356 g/mol. The number of imidazole rings is 1. The van der Waals surface area contributed by atoms with Crippen molar-refractivity contribution in [2.45, 2.75) is 0 Å². The first-order valence-corrected chi connectivity index (χ1v) is 8.38. The van der Waals surface area contributed by atoms with E-state index in [1.165, 1.54) is 6.21 Å². The molecule has 27 heavy (non-hydrogen) atoms. The second-order valence-electron chi connectivity index (χ2n) is 5.91. The summed E-state index contributed by atoms with van der Waals surface area (Å²) in [4.78, 5) is 20.4. The predicted octanol–water partition coefficient (Wildman–Crippen LogP) is 3.70. The Labute approximate surface area is 155 Å². The molecule has 1 amide bonds. The summed E-state index contributed by atoms with van der Waals surface area (Å²) in [5, 5.41) is 13.7. The predicted molar refractivity (Wildman–Crippen MR) is 105 cm³/mol. The van der Waals surface area contributed by atoms with E-state index in [1.807, 2.05) is 36.4 Å². The number of aromatic hydroxyl groups is 1. The summed E-state index contributed by atoms with van der Waals surface area (Å²) in [6.07, 6.45) is 1.40. The fourth-order valence-corrected chi connectivity index (χ4v) is 2.79. The molecule has 0 bridgehead atoms. The molecule has 6 heteroatoms. The molecule has 4 rings (SSSR count). The number of rotatable bonds is 4. The SMILES string of the molecule is O=C(N/N=C/c1ccccc1O)c1ccccc1-c1nc2ccccc2[nH]1. The van der Waals surface area contributed by atoms with E-state index in [1.54, 1.807) is 36.4 Å². The van der Waals surface area contributed by atoms with Crippen molar-refractivity contribution in [2.24, 2.45) is 5.10 Å². The molecule has 132 valence electrons. The number of hydrazone groups is 1. The molecular formula is C21H16N4O2. The molecule has 0 aliphatic carbocycles. The molecule has 0 saturated carbocycles. The molecule has 4 aromatic rings. The van der Waals surface area contributed by atoms with Crippen molar-refractivity contribution in [3.8, 4) is 17.1 Å². The van der Waals surface area contributed by atoms with Gasteiger partial charge in [-0.1, -0.05) is 42.5 Å². The number of phenols is 1. The van der Waals surface area contributed by atoms with Crippen LogP contribution in [0.3, 0.4) is 0 Å². The first-order chi connectivity index (χ1) is 13.2. The Kier molecular flexibility index (Phi) is 4.37. The molecule has 0 radical (unpaired) electrons. The number of amides is 1. The Morgan fingerprint density at radius 2 is 1.74 bits per heavy atom. The maximum atomic E-state index is 12.6. The third-order valence-electron chi connectivity index (χ3n) is 4.12. The third-order valence-corrected chi connectivity index (χ3v) is 4.12. The summed E-state index contributed by atoms with van der Waals surface area (Å²) in [5.74, 6) is 0.350. The molecule has 0 saturated heterocycles. The van der Waals surface area contributed by atoms with Gasteiger partial charge in [0.15, 0.2) is 0 Å². The summed E-state index contributed by atoms with van der Waals surface area (Å²) in [5.41, 5.74) is 5.88. The van der Waals surface area contributed by atoms with Crippen LogP contribution in [0, 0.1) is 0 Å². The van der Waals surface area contributed by atoms with Crippen LogP contribution in [0.25, 0.3) is 22.4 Å². The van der Waals surface area contributed by atoms with Gasteiger partial charge in [0.1, 0.15) is 11.6 Å². The number of nitrogens with zero attached hydrogens (tertiary/aromatic N) is 2. The van der Waals surface area contributed by atoms with Crippen molar-refractivity contribution in [1.29, 1.82) is 0 Å². The fourth-order valence-electron chi connectivity index (χ4n) is 2.79. The standard InChI is InChI=1S/C21H16N4O2/c26-19-12-6-1-7-14(19)13-22-25-21(27)16-9-3-2-8-15(16)20-23-17-10-4-5-11-18(17)24-20/h1-13,26H,(H,23,24)(H,25,27)/b22-13+. The normalized spacial score (nSPS) is 11.1. The molecule has 0 spiro atoms. The molecule has 1 aromatic heterocycles. The van der Waals surface area contributed by atoms with Crippen molar-refractivity contribution in [3.63, 3.8) is 0 Å². The van der Waals surface area contributed by atoms with Crippen molar-refractivity contribution < 1.29 is 9.90 Å². The van der Waals surface area contributed by atoms with Crippen LogP contribution < -0.4 is 5.43 Å². The van der Waals surface area contributed by atoms with E-state index in [2.05, 4.69) is 20.5 Å². The van der Waals surface area contributed by atoms with E-state index in [9.17, 15) is 9.90 Å². The third kappa shape index (κ3) is 3.41. The van der Waals surface area contributed by atoms with Gasteiger partial charge in [-0.05, 0) is 30.3 Å². The summed E-state index contributed by atoms with van der Waals surface area (Å²) in [6, 6.07) is 21.6. The van der Waals surface area contributed by atoms with Crippen LogP contribution in [0.4, 0.5) is 0 Å². The van der Waals surface area contributed by atoms with Gasteiger partial charge in [0.05, 0.1) is 22.8 Å². The van der Waals surface area contributed by atoms with Gasteiger partial charge in [-0.2, -0.15) is 5.10 Å². The minimum absolute atomic E-state index is 0.0955. The van der Waals surface area contributed by atoms with Crippen molar-refractivity contribution in [2.75, 3.05) is 0 Å². The largest absolute Gasteiger partial charge is 0.507 e. The van der Waals surface area contributed by atoms with Crippen molar-refractivity contribution in [3.05, 3.63) is 83.9 Å². The number of nitrogens with one attached hydrogen (secondary N) is 2. The number of phenolic OH excluding ortho intramolecular Hbond substituents is 1. The number of H-pyrrole nitrogens is 1. The lowest BCUT2D eigenvalue weighted by molar-refractivity contribution is 0.0955. The van der Waals surface area contributed by atoms with Gasteiger partial charge in [-0.25, -0.2) is 10.4 Å². The van der Waals surface area contributed by atoms with Crippen LogP contribution >= 0.6 is 0 Å². The van der Waals surface area contributed by atoms with E-state index in [4.69, 9.17) is 0 Å². The quantitative estimate of drug-likeness (QED) is 0.385. The van der Waals surface area contributed by atoms with Crippen LogP contribution in [0.5, 0.6) is 5.75 Å². The zero-order valence-corrected chi connectivity index (χ0v) is 14.3. The molecule has 3 N–H and O–H groups in total. The molecule has 3 aromatic carbocycles. The lowest BCUT2D eigenvalue weighted by Gasteiger charge is -2.05. The number of carbonyl (C=O) groups is 1. The number of benzene rings is 3. The van der Waals surface area contributed by atoms with Crippen LogP contribution in [0.2, 0.25) is 0 Å². The van der Waals surface area contributed by atoms with Gasteiger partial charge in [0, 0.05) is 11.1 Å². The number of carbonyl (C=O) groups excluding carboxylic acids is 1. The minimum Gasteiger partial charge on any atom is -0.507 e. The number of aromatic amines is 1. The number of aromatic nitrogens is 2. The van der Waals surface area contributed by atoms with Gasteiger partial charge < -0.3 is 10.1 Å². The van der Waals surface area contributed by atoms with Gasteiger partial charge in [-0.15, -0.1) is 0 Å². The first-order valence-electron chi connectivity index (χ1n) is 8.38. The Morgan fingerprint density at radius 3 is 2.59 bits per heavy atom. The second-order valence-corrected chi connectivity index (χ2v) is 5.91.